The van der Waals surface area contributed by atoms with Crippen LogP contribution in [0.2, 0.25) is 0 Å². The summed E-state index contributed by atoms with van der Waals surface area (Å²) in [6, 6.07) is 15.2. The Morgan fingerprint density at radius 1 is 1.04 bits per heavy atom. The lowest BCUT2D eigenvalue weighted by Gasteiger charge is -2.03. The van der Waals surface area contributed by atoms with Gasteiger partial charge in [-0.3, -0.25) is 9.78 Å². The molecular formula is C17H16N4O2. The molecule has 3 aromatic rings. The molecule has 1 amide bonds. The molecule has 0 bridgehead atoms. The van der Waals surface area contributed by atoms with E-state index in [4.69, 9.17) is 4.42 Å². The van der Waals surface area contributed by atoms with Crippen LogP contribution in [0.5, 0.6) is 0 Å². The molecular weight excluding hydrogens is 292 g/mol. The third-order valence-corrected chi connectivity index (χ3v) is 3.25. The lowest BCUT2D eigenvalue weighted by molar-refractivity contribution is -0.121. The predicted molar refractivity (Wildman–Crippen MR) is 84.1 cm³/mol. The van der Waals surface area contributed by atoms with Gasteiger partial charge in [0.25, 0.3) is 5.89 Å². The maximum Gasteiger partial charge on any atom is 0.266 e. The second kappa shape index (κ2) is 7.31. The zero-order valence-corrected chi connectivity index (χ0v) is 12.5. The molecule has 2 aromatic heterocycles. The number of nitrogens with one attached hydrogen (secondary N) is 1. The minimum absolute atomic E-state index is 0.0496. The van der Waals surface area contributed by atoms with E-state index in [1.165, 1.54) is 0 Å². The van der Waals surface area contributed by atoms with Gasteiger partial charge in [-0.25, -0.2) is 0 Å². The zero-order valence-electron chi connectivity index (χ0n) is 12.5. The van der Waals surface area contributed by atoms with Crippen molar-refractivity contribution in [2.75, 3.05) is 0 Å². The van der Waals surface area contributed by atoms with Crippen LogP contribution < -0.4 is 5.32 Å². The molecule has 0 aliphatic carbocycles. The lowest BCUT2D eigenvalue weighted by Crippen LogP contribution is -2.22. The van der Waals surface area contributed by atoms with Gasteiger partial charge in [0.05, 0.1) is 0 Å². The Morgan fingerprint density at radius 3 is 2.65 bits per heavy atom. The van der Waals surface area contributed by atoms with Crippen LogP contribution in [0.3, 0.4) is 0 Å². The zero-order chi connectivity index (χ0) is 15.9. The van der Waals surface area contributed by atoms with E-state index in [9.17, 15) is 4.79 Å². The Balaban J connectivity index is 1.49. The number of hydrogen-bond acceptors (Lipinski definition) is 5. The summed E-state index contributed by atoms with van der Waals surface area (Å²) >= 11 is 0. The fourth-order valence-corrected chi connectivity index (χ4v) is 2.05. The van der Waals surface area contributed by atoms with Gasteiger partial charge in [-0.15, -0.1) is 10.2 Å². The van der Waals surface area contributed by atoms with E-state index in [1.807, 2.05) is 42.5 Å². The summed E-state index contributed by atoms with van der Waals surface area (Å²) in [5.41, 5.74) is 1.69. The normalized spacial score (nSPS) is 10.4. The van der Waals surface area contributed by atoms with E-state index in [0.29, 0.717) is 36.9 Å². The van der Waals surface area contributed by atoms with Gasteiger partial charge >= 0.3 is 0 Å². The highest BCUT2D eigenvalue weighted by Crippen LogP contribution is 2.14. The summed E-state index contributed by atoms with van der Waals surface area (Å²) in [4.78, 5) is 16.0. The van der Waals surface area contributed by atoms with Gasteiger partial charge in [-0.2, -0.15) is 0 Å². The second-order valence-corrected chi connectivity index (χ2v) is 4.98. The first-order valence-electron chi connectivity index (χ1n) is 7.35. The van der Waals surface area contributed by atoms with Crippen molar-refractivity contribution >= 4 is 5.91 Å². The van der Waals surface area contributed by atoms with Crippen molar-refractivity contribution in [2.24, 2.45) is 0 Å². The van der Waals surface area contributed by atoms with Crippen LogP contribution in [0.15, 0.2) is 59.1 Å². The molecule has 3 rings (SSSR count). The molecule has 23 heavy (non-hydrogen) atoms. The van der Waals surface area contributed by atoms with Gasteiger partial charge in [0.1, 0.15) is 5.69 Å². The number of nitrogens with zero attached hydrogens (tertiary/aromatic N) is 3. The summed E-state index contributed by atoms with van der Waals surface area (Å²) in [7, 11) is 0. The summed E-state index contributed by atoms with van der Waals surface area (Å²) in [5, 5.41) is 10.8. The number of pyridine rings is 1. The molecule has 0 atom stereocenters. The fourth-order valence-electron chi connectivity index (χ4n) is 2.05. The van der Waals surface area contributed by atoms with Gasteiger partial charge in [-0.05, 0) is 17.7 Å². The van der Waals surface area contributed by atoms with Crippen molar-refractivity contribution in [3.63, 3.8) is 0 Å². The van der Waals surface area contributed by atoms with E-state index < -0.39 is 0 Å². The van der Waals surface area contributed by atoms with Crippen LogP contribution in [-0.2, 0) is 17.8 Å². The molecule has 6 heteroatoms. The highest BCUT2D eigenvalue weighted by Gasteiger charge is 2.11. The van der Waals surface area contributed by atoms with Crippen LogP contribution in [0.1, 0.15) is 17.9 Å². The number of benzene rings is 1. The van der Waals surface area contributed by atoms with Crippen molar-refractivity contribution in [2.45, 2.75) is 19.4 Å². The second-order valence-electron chi connectivity index (χ2n) is 4.98. The van der Waals surface area contributed by atoms with Crippen molar-refractivity contribution in [3.8, 4) is 11.6 Å². The molecule has 1 aromatic carbocycles. The van der Waals surface area contributed by atoms with Crippen LogP contribution in [0, 0.1) is 0 Å². The van der Waals surface area contributed by atoms with Crippen molar-refractivity contribution < 1.29 is 9.21 Å². The minimum Gasteiger partial charge on any atom is -0.419 e. The maximum absolute atomic E-state index is 11.9. The number of rotatable bonds is 6. The summed E-state index contributed by atoms with van der Waals surface area (Å²) in [5.74, 6) is 0.747. The first kappa shape index (κ1) is 14.9. The number of amides is 1. The van der Waals surface area contributed by atoms with Gasteiger partial charge < -0.3 is 9.73 Å². The van der Waals surface area contributed by atoms with Crippen LogP contribution in [0.25, 0.3) is 11.6 Å². The van der Waals surface area contributed by atoms with Crippen molar-refractivity contribution in [3.05, 3.63) is 66.2 Å². The number of carbonyl (C=O) groups is 1. The average Bonchev–Trinajstić information content (AvgIpc) is 3.09. The quantitative estimate of drug-likeness (QED) is 0.756. The molecule has 1 N–H and O–H groups in total. The molecule has 0 saturated carbocycles. The van der Waals surface area contributed by atoms with E-state index in [1.54, 1.807) is 12.3 Å². The van der Waals surface area contributed by atoms with Gasteiger partial charge in [0, 0.05) is 25.6 Å². The van der Waals surface area contributed by atoms with E-state index in [2.05, 4.69) is 20.5 Å². The highest BCUT2D eigenvalue weighted by molar-refractivity contribution is 5.76. The van der Waals surface area contributed by atoms with Crippen molar-refractivity contribution in [1.82, 2.24) is 20.5 Å². The Morgan fingerprint density at radius 2 is 1.87 bits per heavy atom. The molecule has 116 valence electrons. The predicted octanol–water partition coefficient (Wildman–Crippen LogP) is 2.38. The Hall–Kier alpha value is -3.02. The molecule has 0 aliphatic rings. The molecule has 0 saturated heterocycles. The SMILES string of the molecule is O=C(CCc1nnc(-c2ccccn2)o1)NCc1ccccc1. The monoisotopic (exact) mass is 308 g/mol. The van der Waals surface area contributed by atoms with Crippen LogP contribution in [-0.4, -0.2) is 21.1 Å². The standard InChI is InChI=1S/C17H16N4O2/c22-15(19-12-13-6-2-1-3-7-13)9-10-16-20-21-17(23-16)14-8-4-5-11-18-14/h1-8,11H,9-10,12H2,(H,19,22). The number of carbonyl (C=O) groups excluding carboxylic acids is 1. The number of aryl methyl sites for hydroxylation is 1. The Bertz CT molecular complexity index is 757. The summed E-state index contributed by atoms with van der Waals surface area (Å²) in [6.45, 7) is 0.517. The molecule has 0 spiro atoms. The van der Waals surface area contributed by atoms with E-state index in [0.717, 1.165) is 5.56 Å². The maximum atomic E-state index is 11.9. The number of aromatic nitrogens is 3. The largest absolute Gasteiger partial charge is 0.419 e. The Kier molecular flexibility index (Phi) is 4.73. The Labute approximate surface area is 133 Å². The van der Waals surface area contributed by atoms with Crippen LogP contribution >= 0.6 is 0 Å². The van der Waals surface area contributed by atoms with E-state index >= 15 is 0 Å². The third-order valence-electron chi connectivity index (χ3n) is 3.25. The van der Waals surface area contributed by atoms with Crippen molar-refractivity contribution in [1.29, 1.82) is 0 Å². The number of hydrogen-bond donors (Lipinski definition) is 1. The van der Waals surface area contributed by atoms with E-state index in [-0.39, 0.29) is 5.91 Å². The third kappa shape index (κ3) is 4.23. The summed E-state index contributed by atoms with van der Waals surface area (Å²) < 4.78 is 5.52. The molecule has 0 radical (unpaired) electrons. The first-order valence-corrected chi connectivity index (χ1v) is 7.35. The first-order chi connectivity index (χ1) is 11.3. The topological polar surface area (TPSA) is 80.9 Å². The minimum atomic E-state index is -0.0496. The lowest BCUT2D eigenvalue weighted by atomic mass is 10.2. The molecule has 0 unspecified atom stereocenters. The molecule has 0 fully saturated rings. The van der Waals surface area contributed by atoms with Crippen LogP contribution in [0.4, 0.5) is 0 Å². The fraction of sp³-hybridized carbons (Fsp3) is 0.176. The smallest absolute Gasteiger partial charge is 0.266 e. The highest BCUT2D eigenvalue weighted by atomic mass is 16.4. The summed E-state index contributed by atoms with van der Waals surface area (Å²) in [6.07, 6.45) is 2.37. The molecule has 6 nitrogen and oxygen atoms in total. The molecule has 0 aliphatic heterocycles. The van der Waals surface area contributed by atoms with Gasteiger partial charge in [-0.1, -0.05) is 36.4 Å². The van der Waals surface area contributed by atoms with Gasteiger partial charge in [0.2, 0.25) is 11.8 Å². The molecule has 2 heterocycles. The average molecular weight is 308 g/mol. The van der Waals surface area contributed by atoms with Gasteiger partial charge in [0.15, 0.2) is 0 Å².